The summed E-state index contributed by atoms with van der Waals surface area (Å²) in [4.78, 5) is 0. The molecular formula is C13H14ClF2NO. The molecule has 0 aromatic heterocycles. The lowest BCUT2D eigenvalue weighted by atomic mass is 9.68. The van der Waals surface area contributed by atoms with Gasteiger partial charge in [-0.2, -0.15) is 14.0 Å². The number of hydrogen-bond acceptors (Lipinski definition) is 2. The first-order chi connectivity index (χ1) is 8.23. The summed E-state index contributed by atoms with van der Waals surface area (Å²) in [5.74, 6) is 0. The molecule has 1 N–H and O–H groups in total. The molecule has 0 aliphatic rings. The summed E-state index contributed by atoms with van der Waals surface area (Å²) in [6, 6.07) is 9.08. The number of nitriles is 1. The first-order valence-corrected chi connectivity index (χ1v) is 5.86. The Morgan fingerprint density at radius 3 is 2.17 bits per heavy atom. The molecular weight excluding hydrogens is 260 g/mol. The molecule has 0 aliphatic heterocycles. The number of benzene rings is 1. The molecule has 5 heteroatoms. The van der Waals surface area contributed by atoms with Gasteiger partial charge in [0.1, 0.15) is 0 Å². The zero-order chi connectivity index (χ0) is 14.0. The van der Waals surface area contributed by atoms with Gasteiger partial charge < -0.3 is 5.11 Å². The van der Waals surface area contributed by atoms with E-state index in [0.29, 0.717) is 0 Å². The summed E-state index contributed by atoms with van der Waals surface area (Å²) in [6.07, 6.45) is 0.0389. The fourth-order valence-corrected chi connectivity index (χ4v) is 2.21. The third-order valence-corrected chi connectivity index (χ3v) is 3.63. The average Bonchev–Trinajstić information content (AvgIpc) is 2.36. The summed E-state index contributed by atoms with van der Waals surface area (Å²) in [6.45, 7) is 2.83. The van der Waals surface area contributed by atoms with Crippen molar-refractivity contribution in [2.75, 3.05) is 0 Å². The molecule has 98 valence electrons. The van der Waals surface area contributed by atoms with Gasteiger partial charge in [-0.05, 0) is 30.5 Å². The van der Waals surface area contributed by atoms with Crippen molar-refractivity contribution in [1.82, 2.24) is 0 Å². The second-order valence-electron chi connectivity index (χ2n) is 4.37. The van der Waals surface area contributed by atoms with E-state index in [9.17, 15) is 13.9 Å². The van der Waals surface area contributed by atoms with E-state index in [2.05, 4.69) is 0 Å². The van der Waals surface area contributed by atoms with Crippen LogP contribution < -0.4 is 0 Å². The minimum absolute atomic E-state index is 0.0389. The van der Waals surface area contributed by atoms with Crippen LogP contribution in [0.4, 0.5) is 8.78 Å². The number of aliphatic hydroxyl groups is 1. The molecule has 0 heterocycles. The highest BCUT2D eigenvalue weighted by Crippen LogP contribution is 2.53. The standard InChI is InChI=1S/C13H14ClF2NO/c1-3-11(2,9-17)12(18,13(14,15)16)10-7-5-4-6-8-10/h4-8,18H,3H2,1-2H3. The van der Waals surface area contributed by atoms with E-state index in [1.54, 1.807) is 19.1 Å². The predicted octanol–water partition coefficient (Wildman–Crippen LogP) is 3.65. The molecule has 18 heavy (non-hydrogen) atoms. The first kappa shape index (κ1) is 14.9. The predicted molar refractivity (Wildman–Crippen MR) is 65.1 cm³/mol. The number of nitrogens with zero attached hydrogens (tertiary/aromatic N) is 1. The average molecular weight is 274 g/mol. The van der Waals surface area contributed by atoms with E-state index in [1.807, 2.05) is 0 Å². The Labute approximate surface area is 110 Å². The zero-order valence-electron chi connectivity index (χ0n) is 10.1. The van der Waals surface area contributed by atoms with Crippen molar-refractivity contribution >= 4 is 11.6 Å². The van der Waals surface area contributed by atoms with Crippen molar-refractivity contribution in [3.63, 3.8) is 0 Å². The summed E-state index contributed by atoms with van der Waals surface area (Å²) in [5, 5.41) is 15.6. The van der Waals surface area contributed by atoms with Gasteiger partial charge in [0.25, 0.3) is 0 Å². The van der Waals surface area contributed by atoms with Gasteiger partial charge in [-0.1, -0.05) is 37.3 Å². The minimum atomic E-state index is -3.95. The Balaban J connectivity index is 3.53. The highest BCUT2D eigenvalue weighted by molar-refractivity contribution is 6.22. The number of rotatable bonds is 4. The van der Waals surface area contributed by atoms with Crippen LogP contribution in [0.5, 0.6) is 0 Å². The zero-order valence-corrected chi connectivity index (χ0v) is 10.9. The van der Waals surface area contributed by atoms with Crippen LogP contribution >= 0.6 is 11.6 Å². The molecule has 0 amide bonds. The van der Waals surface area contributed by atoms with Crippen LogP contribution in [-0.4, -0.2) is 10.5 Å². The minimum Gasteiger partial charge on any atom is -0.376 e. The van der Waals surface area contributed by atoms with E-state index >= 15 is 0 Å². The maximum atomic E-state index is 13.7. The van der Waals surface area contributed by atoms with Crippen LogP contribution in [0.3, 0.4) is 0 Å². The van der Waals surface area contributed by atoms with Crippen molar-refractivity contribution in [1.29, 1.82) is 5.26 Å². The lowest BCUT2D eigenvalue weighted by Crippen LogP contribution is -2.53. The smallest absolute Gasteiger partial charge is 0.355 e. The molecule has 0 spiro atoms. The lowest BCUT2D eigenvalue weighted by Gasteiger charge is -2.42. The van der Waals surface area contributed by atoms with Gasteiger partial charge in [0.2, 0.25) is 0 Å². The molecule has 0 saturated carbocycles. The Kier molecular flexibility index (Phi) is 3.99. The monoisotopic (exact) mass is 273 g/mol. The lowest BCUT2D eigenvalue weighted by molar-refractivity contribution is -0.185. The Morgan fingerprint density at radius 1 is 1.33 bits per heavy atom. The molecule has 2 atom stereocenters. The number of alkyl halides is 3. The van der Waals surface area contributed by atoms with Gasteiger partial charge in [-0.25, -0.2) is 0 Å². The normalized spacial score (nSPS) is 18.5. The van der Waals surface area contributed by atoms with Crippen LogP contribution in [0.1, 0.15) is 25.8 Å². The fraction of sp³-hybridized carbons (Fsp3) is 0.462. The van der Waals surface area contributed by atoms with E-state index < -0.39 is 16.4 Å². The highest BCUT2D eigenvalue weighted by Gasteiger charge is 2.63. The van der Waals surface area contributed by atoms with E-state index in [4.69, 9.17) is 16.9 Å². The fourth-order valence-electron chi connectivity index (χ4n) is 1.89. The molecule has 0 radical (unpaired) electrons. The van der Waals surface area contributed by atoms with Gasteiger partial charge in [-0.15, -0.1) is 0 Å². The molecule has 2 unspecified atom stereocenters. The van der Waals surface area contributed by atoms with Crippen LogP contribution in [0.2, 0.25) is 0 Å². The van der Waals surface area contributed by atoms with Gasteiger partial charge in [-0.3, -0.25) is 0 Å². The van der Waals surface area contributed by atoms with Crippen molar-refractivity contribution in [3.05, 3.63) is 35.9 Å². The number of halogens is 3. The third kappa shape index (κ3) is 2.09. The van der Waals surface area contributed by atoms with E-state index in [-0.39, 0.29) is 12.0 Å². The van der Waals surface area contributed by atoms with Crippen molar-refractivity contribution in [3.8, 4) is 6.07 Å². The molecule has 1 aromatic rings. The second-order valence-corrected chi connectivity index (χ2v) is 4.85. The van der Waals surface area contributed by atoms with Crippen LogP contribution in [-0.2, 0) is 5.60 Å². The van der Waals surface area contributed by atoms with Crippen molar-refractivity contribution < 1.29 is 13.9 Å². The topological polar surface area (TPSA) is 44.0 Å². The highest BCUT2D eigenvalue weighted by atomic mass is 35.5. The first-order valence-electron chi connectivity index (χ1n) is 5.49. The molecule has 1 aromatic carbocycles. The SMILES string of the molecule is CCC(C)(C#N)C(O)(c1ccccc1)C(F)(F)Cl. The molecule has 0 aliphatic carbocycles. The summed E-state index contributed by atoms with van der Waals surface area (Å²) >= 11 is 5.08. The second kappa shape index (κ2) is 4.83. The van der Waals surface area contributed by atoms with E-state index in [1.165, 1.54) is 31.2 Å². The molecule has 1 rings (SSSR count). The summed E-state index contributed by atoms with van der Waals surface area (Å²) in [5.41, 5.74) is -4.51. The molecule has 0 fully saturated rings. The van der Waals surface area contributed by atoms with Gasteiger partial charge in [0.15, 0.2) is 5.60 Å². The van der Waals surface area contributed by atoms with Crippen LogP contribution in [0.25, 0.3) is 0 Å². The van der Waals surface area contributed by atoms with Crippen LogP contribution in [0, 0.1) is 16.7 Å². The maximum Gasteiger partial charge on any atom is 0.355 e. The molecule has 0 saturated heterocycles. The van der Waals surface area contributed by atoms with Gasteiger partial charge in [0, 0.05) is 0 Å². The molecule has 2 nitrogen and oxygen atoms in total. The third-order valence-electron chi connectivity index (χ3n) is 3.35. The van der Waals surface area contributed by atoms with Crippen LogP contribution in [0.15, 0.2) is 30.3 Å². The molecule has 0 bridgehead atoms. The van der Waals surface area contributed by atoms with Crippen molar-refractivity contribution in [2.24, 2.45) is 5.41 Å². The van der Waals surface area contributed by atoms with Gasteiger partial charge in [0.05, 0.1) is 11.5 Å². The summed E-state index contributed by atoms with van der Waals surface area (Å²) < 4.78 is 27.4. The summed E-state index contributed by atoms with van der Waals surface area (Å²) in [7, 11) is 0. The maximum absolute atomic E-state index is 13.7. The van der Waals surface area contributed by atoms with Gasteiger partial charge >= 0.3 is 5.38 Å². The van der Waals surface area contributed by atoms with Crippen molar-refractivity contribution in [2.45, 2.75) is 31.3 Å². The van der Waals surface area contributed by atoms with E-state index in [0.717, 1.165) is 0 Å². The Bertz CT molecular complexity index is 454. The quantitative estimate of drug-likeness (QED) is 0.851. The largest absolute Gasteiger partial charge is 0.376 e. The number of hydrogen-bond donors (Lipinski definition) is 1. The Morgan fingerprint density at radius 2 is 1.83 bits per heavy atom. The Hall–Kier alpha value is -1.18.